The zero-order valence-electron chi connectivity index (χ0n) is 16.7. The van der Waals surface area contributed by atoms with Crippen molar-refractivity contribution in [3.05, 3.63) is 50.8 Å². The molecule has 0 aliphatic carbocycles. The van der Waals surface area contributed by atoms with Crippen molar-refractivity contribution in [2.45, 2.75) is 32.4 Å². The summed E-state index contributed by atoms with van der Waals surface area (Å²) in [5.41, 5.74) is 1.57. The molecule has 1 aromatic carbocycles. The van der Waals surface area contributed by atoms with E-state index in [1.54, 1.807) is 7.11 Å². The Morgan fingerprint density at radius 1 is 1.41 bits per heavy atom. The molecule has 0 fully saturated rings. The van der Waals surface area contributed by atoms with Crippen molar-refractivity contribution < 1.29 is 9.84 Å². The number of aliphatic hydroxyl groups is 1. The first-order chi connectivity index (χ1) is 14.0. The summed E-state index contributed by atoms with van der Waals surface area (Å²) in [5.74, 6) is 0.585. The molecule has 0 radical (unpaired) electrons. The Kier molecular flexibility index (Phi) is 7.80. The van der Waals surface area contributed by atoms with Crippen molar-refractivity contribution in [2.24, 2.45) is 0 Å². The molecule has 1 atom stereocenters. The summed E-state index contributed by atoms with van der Waals surface area (Å²) < 4.78 is 5.18. The number of hydrogen-bond donors (Lipinski definition) is 2. The summed E-state index contributed by atoms with van der Waals surface area (Å²) in [6.07, 6.45) is 1.24. The molecule has 0 saturated heterocycles. The maximum atomic E-state index is 12.8. The van der Waals surface area contributed by atoms with Crippen LogP contribution in [0.25, 0.3) is 21.3 Å². The fourth-order valence-corrected chi connectivity index (χ4v) is 4.48. The van der Waals surface area contributed by atoms with Crippen LogP contribution in [-0.4, -0.2) is 52.9 Å². The number of thiophene rings is 1. The number of nitrogens with zero attached hydrogens (tertiary/aromatic N) is 2. The molecule has 0 spiro atoms. The van der Waals surface area contributed by atoms with Crippen molar-refractivity contribution in [1.82, 2.24) is 14.9 Å². The van der Waals surface area contributed by atoms with E-state index in [4.69, 9.17) is 16.3 Å². The Morgan fingerprint density at radius 2 is 2.24 bits per heavy atom. The SMILES string of the molecule is CCCC(O)CN(CCOC)Cc1nc2scc(-c3cccc(Cl)c3)c2c(=O)[nH]1. The second-order valence-corrected chi connectivity index (χ2v) is 8.32. The lowest BCUT2D eigenvalue weighted by molar-refractivity contribution is 0.0787. The van der Waals surface area contributed by atoms with Gasteiger partial charge in [-0.05, 0) is 24.1 Å². The number of rotatable bonds is 10. The summed E-state index contributed by atoms with van der Waals surface area (Å²) >= 11 is 7.55. The minimum absolute atomic E-state index is 0.165. The third kappa shape index (κ3) is 5.65. The zero-order valence-corrected chi connectivity index (χ0v) is 18.2. The third-order valence-corrected chi connectivity index (χ3v) is 5.81. The minimum atomic E-state index is -0.413. The highest BCUT2D eigenvalue weighted by Crippen LogP contribution is 2.32. The van der Waals surface area contributed by atoms with Gasteiger partial charge in [0.25, 0.3) is 5.56 Å². The van der Waals surface area contributed by atoms with Gasteiger partial charge in [0.15, 0.2) is 0 Å². The van der Waals surface area contributed by atoms with Crippen LogP contribution in [0.3, 0.4) is 0 Å². The summed E-state index contributed by atoms with van der Waals surface area (Å²) in [4.78, 5) is 23.2. The van der Waals surface area contributed by atoms with Gasteiger partial charge >= 0.3 is 0 Å². The van der Waals surface area contributed by atoms with E-state index in [2.05, 4.69) is 14.9 Å². The van der Waals surface area contributed by atoms with E-state index in [0.29, 0.717) is 47.3 Å². The number of H-pyrrole nitrogens is 1. The largest absolute Gasteiger partial charge is 0.392 e. The molecule has 8 heteroatoms. The molecule has 0 saturated carbocycles. The van der Waals surface area contributed by atoms with Crippen LogP contribution in [0.2, 0.25) is 5.02 Å². The van der Waals surface area contributed by atoms with Crippen LogP contribution in [0.5, 0.6) is 0 Å². The fraction of sp³-hybridized carbons (Fsp3) is 0.429. The van der Waals surface area contributed by atoms with Gasteiger partial charge < -0.3 is 14.8 Å². The lowest BCUT2D eigenvalue weighted by Crippen LogP contribution is -2.35. The van der Waals surface area contributed by atoms with Crippen molar-refractivity contribution in [3.8, 4) is 11.1 Å². The molecular formula is C21H26ClN3O3S. The average molecular weight is 436 g/mol. The second-order valence-electron chi connectivity index (χ2n) is 7.02. The Morgan fingerprint density at radius 3 is 2.97 bits per heavy atom. The van der Waals surface area contributed by atoms with Gasteiger partial charge in [-0.1, -0.05) is 37.1 Å². The third-order valence-electron chi connectivity index (χ3n) is 4.70. The number of aromatic nitrogens is 2. The standard InChI is InChI=1S/C21H26ClN3O3S/c1-3-5-16(26)11-25(8-9-28-2)12-18-23-20(27)19-17(13-29-21(19)24-18)14-6-4-7-15(22)10-14/h4,6-7,10,13,16,26H,3,5,8-9,11-12H2,1-2H3,(H,23,24,27). The number of nitrogens with one attached hydrogen (secondary N) is 1. The molecule has 0 amide bonds. The van der Waals surface area contributed by atoms with E-state index in [9.17, 15) is 9.90 Å². The van der Waals surface area contributed by atoms with Gasteiger partial charge in [-0.15, -0.1) is 11.3 Å². The van der Waals surface area contributed by atoms with Crippen LogP contribution in [0, 0.1) is 0 Å². The van der Waals surface area contributed by atoms with Crippen molar-refractivity contribution in [2.75, 3.05) is 26.8 Å². The van der Waals surface area contributed by atoms with Crippen LogP contribution in [0.1, 0.15) is 25.6 Å². The molecule has 0 bridgehead atoms. The molecule has 6 nitrogen and oxygen atoms in total. The normalized spacial score (nSPS) is 12.7. The monoisotopic (exact) mass is 435 g/mol. The minimum Gasteiger partial charge on any atom is -0.392 e. The van der Waals surface area contributed by atoms with Gasteiger partial charge in [0.1, 0.15) is 10.7 Å². The topological polar surface area (TPSA) is 78.5 Å². The first-order valence-corrected chi connectivity index (χ1v) is 10.9. The van der Waals surface area contributed by atoms with Crippen LogP contribution in [0.15, 0.2) is 34.4 Å². The van der Waals surface area contributed by atoms with Crippen molar-refractivity contribution in [1.29, 1.82) is 0 Å². The van der Waals surface area contributed by atoms with E-state index < -0.39 is 6.10 Å². The van der Waals surface area contributed by atoms with Gasteiger partial charge in [-0.3, -0.25) is 9.69 Å². The van der Waals surface area contributed by atoms with E-state index >= 15 is 0 Å². The van der Waals surface area contributed by atoms with Gasteiger partial charge in [-0.25, -0.2) is 4.98 Å². The number of benzene rings is 1. The van der Waals surface area contributed by atoms with E-state index in [-0.39, 0.29) is 5.56 Å². The number of aliphatic hydroxyl groups excluding tert-OH is 1. The summed E-state index contributed by atoms with van der Waals surface area (Å²) in [7, 11) is 1.65. The van der Waals surface area contributed by atoms with Crippen LogP contribution >= 0.6 is 22.9 Å². The smallest absolute Gasteiger partial charge is 0.260 e. The number of ether oxygens (including phenoxy) is 1. The highest BCUT2D eigenvalue weighted by Gasteiger charge is 2.16. The fourth-order valence-electron chi connectivity index (χ4n) is 3.33. The molecule has 2 N–H and O–H groups in total. The quantitative estimate of drug-likeness (QED) is 0.504. The number of halogens is 1. The van der Waals surface area contributed by atoms with Crippen LogP contribution in [-0.2, 0) is 11.3 Å². The highest BCUT2D eigenvalue weighted by molar-refractivity contribution is 7.17. The van der Waals surface area contributed by atoms with Gasteiger partial charge in [0.2, 0.25) is 0 Å². The molecule has 0 aliphatic rings. The number of hydrogen-bond acceptors (Lipinski definition) is 6. The first-order valence-electron chi connectivity index (χ1n) is 9.67. The van der Waals surface area contributed by atoms with Crippen LogP contribution in [0.4, 0.5) is 0 Å². The molecule has 3 rings (SSSR count). The first kappa shape index (κ1) is 21.9. The molecule has 3 aromatic rings. The van der Waals surface area contributed by atoms with Gasteiger partial charge in [0, 0.05) is 36.2 Å². The van der Waals surface area contributed by atoms with E-state index in [0.717, 1.165) is 24.0 Å². The van der Waals surface area contributed by atoms with E-state index in [1.165, 1.54) is 11.3 Å². The maximum Gasteiger partial charge on any atom is 0.260 e. The zero-order chi connectivity index (χ0) is 20.8. The number of methoxy groups -OCH3 is 1. The molecular weight excluding hydrogens is 410 g/mol. The molecule has 2 aromatic heterocycles. The molecule has 0 aliphatic heterocycles. The lowest BCUT2D eigenvalue weighted by Gasteiger charge is -2.24. The predicted molar refractivity (Wildman–Crippen MR) is 119 cm³/mol. The Hall–Kier alpha value is -1.77. The number of fused-ring (bicyclic) bond motifs is 1. The highest BCUT2D eigenvalue weighted by atomic mass is 35.5. The van der Waals surface area contributed by atoms with Crippen molar-refractivity contribution >= 4 is 33.2 Å². The second kappa shape index (κ2) is 10.3. The molecule has 2 heterocycles. The number of aromatic amines is 1. The molecule has 29 heavy (non-hydrogen) atoms. The van der Waals surface area contributed by atoms with Gasteiger partial charge in [0.05, 0.1) is 24.6 Å². The van der Waals surface area contributed by atoms with Crippen molar-refractivity contribution in [3.63, 3.8) is 0 Å². The summed E-state index contributed by atoms with van der Waals surface area (Å²) in [6, 6.07) is 7.45. The Balaban J connectivity index is 1.87. The van der Waals surface area contributed by atoms with Crippen LogP contribution < -0.4 is 5.56 Å². The lowest BCUT2D eigenvalue weighted by atomic mass is 10.1. The van der Waals surface area contributed by atoms with E-state index in [1.807, 2.05) is 36.6 Å². The Labute approximate surface area is 179 Å². The summed E-state index contributed by atoms with van der Waals surface area (Å²) in [5, 5.41) is 13.3. The summed E-state index contributed by atoms with van der Waals surface area (Å²) in [6.45, 7) is 4.20. The maximum absolute atomic E-state index is 12.8. The van der Waals surface area contributed by atoms with Gasteiger partial charge in [-0.2, -0.15) is 0 Å². The predicted octanol–water partition coefficient (Wildman–Crippen LogP) is 3.91. The Bertz CT molecular complexity index is 1000. The molecule has 156 valence electrons. The average Bonchev–Trinajstić information content (AvgIpc) is 3.11. The molecule has 1 unspecified atom stereocenters.